The van der Waals surface area contributed by atoms with Crippen LogP contribution in [0.4, 0.5) is 10.1 Å². The Labute approximate surface area is 138 Å². The van der Waals surface area contributed by atoms with Crippen LogP contribution < -0.4 is 10.6 Å². The average Bonchev–Trinajstić information content (AvgIpc) is 2.50. The largest absolute Gasteiger partial charge is 0.352 e. The predicted octanol–water partition coefficient (Wildman–Crippen LogP) is 3.30. The van der Waals surface area contributed by atoms with Crippen molar-refractivity contribution in [2.45, 2.75) is 19.9 Å². The van der Waals surface area contributed by atoms with E-state index in [1.165, 1.54) is 19.1 Å². The van der Waals surface area contributed by atoms with E-state index in [0.29, 0.717) is 12.2 Å². The van der Waals surface area contributed by atoms with E-state index in [2.05, 4.69) is 10.6 Å². The second kappa shape index (κ2) is 7.74. The van der Waals surface area contributed by atoms with Crippen molar-refractivity contribution >= 4 is 29.1 Å². The van der Waals surface area contributed by atoms with Crippen molar-refractivity contribution in [3.05, 3.63) is 64.4 Å². The predicted molar refractivity (Wildman–Crippen MR) is 87.7 cm³/mol. The first-order valence-electron chi connectivity index (χ1n) is 7.02. The number of nitrogens with one attached hydrogen (secondary N) is 2. The second-order valence-electron chi connectivity index (χ2n) is 5.03. The molecule has 0 unspecified atom stereocenters. The summed E-state index contributed by atoms with van der Waals surface area (Å²) >= 11 is 5.90. The third kappa shape index (κ3) is 5.07. The minimum atomic E-state index is -0.493. The van der Waals surface area contributed by atoms with Gasteiger partial charge in [-0.1, -0.05) is 29.8 Å². The summed E-state index contributed by atoms with van der Waals surface area (Å²) in [4.78, 5) is 22.8. The van der Waals surface area contributed by atoms with Crippen molar-refractivity contribution in [3.8, 4) is 0 Å². The monoisotopic (exact) mass is 334 g/mol. The Kier molecular flexibility index (Phi) is 5.71. The molecule has 6 heteroatoms. The zero-order valence-electron chi connectivity index (χ0n) is 12.5. The van der Waals surface area contributed by atoms with Crippen LogP contribution in [-0.2, 0) is 22.6 Å². The zero-order valence-corrected chi connectivity index (χ0v) is 13.3. The van der Waals surface area contributed by atoms with Gasteiger partial charge in [-0.05, 0) is 29.8 Å². The fraction of sp³-hybridized carbons (Fsp3) is 0.176. The average molecular weight is 335 g/mol. The van der Waals surface area contributed by atoms with Crippen molar-refractivity contribution in [2.75, 3.05) is 5.32 Å². The first kappa shape index (κ1) is 17.0. The molecule has 0 fully saturated rings. The van der Waals surface area contributed by atoms with Crippen LogP contribution in [0.15, 0.2) is 42.5 Å². The van der Waals surface area contributed by atoms with Gasteiger partial charge in [-0.25, -0.2) is 4.39 Å². The minimum absolute atomic E-state index is 0.116. The maximum Gasteiger partial charge on any atom is 0.224 e. The maximum absolute atomic E-state index is 13.6. The number of halogens is 2. The van der Waals surface area contributed by atoms with Crippen molar-refractivity contribution in [2.24, 2.45) is 0 Å². The van der Waals surface area contributed by atoms with Gasteiger partial charge in [0.05, 0.1) is 6.42 Å². The molecule has 2 amide bonds. The zero-order chi connectivity index (χ0) is 16.8. The smallest absolute Gasteiger partial charge is 0.224 e. The van der Waals surface area contributed by atoms with Crippen LogP contribution in [0, 0.1) is 5.82 Å². The molecule has 0 radical (unpaired) electrons. The van der Waals surface area contributed by atoms with Gasteiger partial charge in [0.1, 0.15) is 5.82 Å². The Morgan fingerprint density at radius 1 is 1.13 bits per heavy atom. The molecule has 23 heavy (non-hydrogen) atoms. The lowest BCUT2D eigenvalue weighted by molar-refractivity contribution is -0.120. The molecule has 0 saturated heterocycles. The molecule has 2 aromatic carbocycles. The second-order valence-corrected chi connectivity index (χ2v) is 5.44. The van der Waals surface area contributed by atoms with Gasteiger partial charge in [-0.15, -0.1) is 0 Å². The number of carbonyl (C=O) groups excluding carboxylic acids is 2. The van der Waals surface area contributed by atoms with E-state index in [4.69, 9.17) is 11.6 Å². The summed E-state index contributed by atoms with van der Waals surface area (Å²) in [6.45, 7) is 1.74. The molecule has 0 bridgehead atoms. The molecule has 4 nitrogen and oxygen atoms in total. The van der Waals surface area contributed by atoms with E-state index in [0.717, 1.165) is 5.56 Å². The maximum atomic E-state index is 13.6. The Morgan fingerprint density at radius 3 is 2.43 bits per heavy atom. The minimum Gasteiger partial charge on any atom is -0.352 e. The molecule has 0 atom stereocenters. The summed E-state index contributed by atoms with van der Waals surface area (Å²) in [7, 11) is 0. The van der Waals surface area contributed by atoms with Gasteiger partial charge in [0.2, 0.25) is 11.8 Å². The molecular formula is C17H16ClFN2O2. The molecule has 0 aliphatic rings. The number of carbonyl (C=O) groups is 2. The highest BCUT2D eigenvalue weighted by atomic mass is 35.5. The summed E-state index contributed by atoms with van der Waals surface area (Å²) in [5, 5.41) is 5.61. The van der Waals surface area contributed by atoms with Gasteiger partial charge in [-0.3, -0.25) is 9.59 Å². The number of anilines is 1. The van der Waals surface area contributed by atoms with Crippen molar-refractivity contribution in [3.63, 3.8) is 0 Å². The van der Waals surface area contributed by atoms with Gasteiger partial charge in [-0.2, -0.15) is 0 Å². The highest BCUT2D eigenvalue weighted by Gasteiger charge is 2.11. The molecule has 2 N–H and O–H groups in total. The highest BCUT2D eigenvalue weighted by Crippen LogP contribution is 2.19. The first-order valence-corrected chi connectivity index (χ1v) is 7.39. The van der Waals surface area contributed by atoms with Gasteiger partial charge >= 0.3 is 0 Å². The van der Waals surface area contributed by atoms with Gasteiger partial charge < -0.3 is 10.6 Å². The summed E-state index contributed by atoms with van der Waals surface area (Å²) in [6.07, 6.45) is -0.116. The lowest BCUT2D eigenvalue weighted by atomic mass is 10.1. The molecule has 0 spiro atoms. The quantitative estimate of drug-likeness (QED) is 0.881. The highest BCUT2D eigenvalue weighted by molar-refractivity contribution is 6.31. The summed E-state index contributed by atoms with van der Waals surface area (Å²) in [5.74, 6) is -0.955. The van der Waals surface area contributed by atoms with Crippen LogP contribution in [0.5, 0.6) is 0 Å². The molecule has 2 rings (SSSR count). The van der Waals surface area contributed by atoms with Crippen LogP contribution in [0.2, 0.25) is 5.02 Å². The number of rotatable bonds is 5. The lowest BCUT2D eigenvalue weighted by Crippen LogP contribution is -2.25. The molecule has 0 aromatic heterocycles. The van der Waals surface area contributed by atoms with Gasteiger partial charge in [0.15, 0.2) is 0 Å². The fourth-order valence-corrected chi connectivity index (χ4v) is 2.26. The van der Waals surface area contributed by atoms with E-state index < -0.39 is 5.82 Å². The molecule has 2 aromatic rings. The molecule has 0 aliphatic carbocycles. The van der Waals surface area contributed by atoms with Crippen molar-refractivity contribution < 1.29 is 14.0 Å². The summed E-state index contributed by atoms with van der Waals surface area (Å²) in [6, 6.07) is 11.4. The number of benzene rings is 2. The van der Waals surface area contributed by atoms with E-state index in [1.54, 1.807) is 30.3 Å². The van der Waals surface area contributed by atoms with E-state index >= 15 is 0 Å². The standard InChI is InChI=1S/C17H16ClFN2O2/c1-11(22)21-13-7-5-12(6-8-13)10-20-17(23)9-14-15(18)3-2-4-16(14)19/h2-8H,9-10H2,1H3,(H,20,23)(H,21,22). The van der Waals surface area contributed by atoms with E-state index in [9.17, 15) is 14.0 Å². The van der Waals surface area contributed by atoms with Crippen molar-refractivity contribution in [1.82, 2.24) is 5.32 Å². The van der Waals surface area contributed by atoms with Crippen LogP contribution in [-0.4, -0.2) is 11.8 Å². The normalized spacial score (nSPS) is 10.2. The Morgan fingerprint density at radius 2 is 1.83 bits per heavy atom. The Bertz CT molecular complexity index is 697. The summed E-state index contributed by atoms with van der Waals surface area (Å²) < 4.78 is 13.6. The molecule has 0 saturated carbocycles. The van der Waals surface area contributed by atoms with Crippen LogP contribution in [0.1, 0.15) is 18.1 Å². The number of hydrogen-bond acceptors (Lipinski definition) is 2. The Balaban J connectivity index is 1.90. The van der Waals surface area contributed by atoms with Gasteiger partial charge in [0, 0.05) is 29.7 Å². The van der Waals surface area contributed by atoms with Crippen LogP contribution in [0.3, 0.4) is 0 Å². The third-order valence-electron chi connectivity index (χ3n) is 3.16. The van der Waals surface area contributed by atoms with E-state index in [1.807, 2.05) is 0 Å². The fourth-order valence-electron chi connectivity index (χ4n) is 2.03. The van der Waals surface area contributed by atoms with Crippen molar-refractivity contribution in [1.29, 1.82) is 0 Å². The lowest BCUT2D eigenvalue weighted by Gasteiger charge is -2.08. The molecule has 120 valence electrons. The topological polar surface area (TPSA) is 58.2 Å². The van der Waals surface area contributed by atoms with Crippen LogP contribution >= 0.6 is 11.6 Å². The van der Waals surface area contributed by atoms with Crippen LogP contribution in [0.25, 0.3) is 0 Å². The molecule has 0 aliphatic heterocycles. The number of hydrogen-bond donors (Lipinski definition) is 2. The van der Waals surface area contributed by atoms with Gasteiger partial charge in [0.25, 0.3) is 0 Å². The molecular weight excluding hydrogens is 319 g/mol. The van der Waals surface area contributed by atoms with E-state index in [-0.39, 0.29) is 28.8 Å². The molecule has 0 heterocycles. The SMILES string of the molecule is CC(=O)Nc1ccc(CNC(=O)Cc2c(F)cccc2Cl)cc1. The number of amides is 2. The third-order valence-corrected chi connectivity index (χ3v) is 3.52. The summed E-state index contributed by atoms with van der Waals surface area (Å²) in [5.41, 5.74) is 1.74. The first-order chi connectivity index (χ1) is 11.0. The Hall–Kier alpha value is -2.40.